The number of aromatic nitrogens is 3. The highest BCUT2D eigenvalue weighted by Gasteiger charge is 2.40. The van der Waals surface area contributed by atoms with E-state index in [0.717, 1.165) is 43.4 Å². The Hall–Kier alpha value is -2.61. The molecule has 8 nitrogen and oxygen atoms in total. The minimum absolute atomic E-state index is 0.0794. The Bertz CT molecular complexity index is 956. The molecule has 2 atom stereocenters. The lowest BCUT2D eigenvalue weighted by molar-refractivity contribution is -0.115. The average molecular weight is 432 g/mol. The van der Waals surface area contributed by atoms with Crippen LogP contribution in [0.3, 0.4) is 0 Å². The first-order valence-electron chi connectivity index (χ1n) is 10.3. The Labute approximate surface area is 180 Å². The number of alkyl carbamates (subject to hydrolysis) is 1. The van der Waals surface area contributed by atoms with Crippen LogP contribution in [0.15, 0.2) is 18.3 Å². The van der Waals surface area contributed by atoms with E-state index >= 15 is 0 Å². The van der Waals surface area contributed by atoms with Crippen LogP contribution in [0.5, 0.6) is 0 Å². The van der Waals surface area contributed by atoms with Crippen molar-refractivity contribution in [2.75, 3.05) is 5.32 Å². The third kappa shape index (κ3) is 4.92. The number of hydrogen-bond acceptors (Lipinski definition) is 5. The second-order valence-corrected chi connectivity index (χ2v) is 8.92. The number of nitrogens with zero attached hydrogens (tertiary/aromatic N) is 2. The molecule has 160 valence electrons. The quantitative estimate of drug-likeness (QED) is 0.643. The highest BCUT2D eigenvalue weighted by Crippen LogP contribution is 2.37. The van der Waals surface area contributed by atoms with E-state index in [9.17, 15) is 9.59 Å². The third-order valence-corrected chi connectivity index (χ3v) is 6.37. The van der Waals surface area contributed by atoms with Crippen LogP contribution in [0.25, 0.3) is 0 Å². The van der Waals surface area contributed by atoms with Gasteiger partial charge in [0.05, 0.1) is 17.1 Å². The number of halogens is 1. The molecule has 2 aliphatic carbocycles. The molecule has 0 aliphatic heterocycles. The van der Waals surface area contributed by atoms with Gasteiger partial charge in [-0.2, -0.15) is 5.10 Å². The number of carbonyl (C=O) groups is 2. The molecule has 2 amide bonds. The number of rotatable bonds is 6. The van der Waals surface area contributed by atoms with Gasteiger partial charge in [0.25, 0.3) is 0 Å². The Kier molecular flexibility index (Phi) is 5.69. The Morgan fingerprint density at radius 1 is 1.37 bits per heavy atom. The van der Waals surface area contributed by atoms with Crippen molar-refractivity contribution in [3.63, 3.8) is 0 Å². The van der Waals surface area contributed by atoms with Crippen molar-refractivity contribution in [1.29, 1.82) is 0 Å². The van der Waals surface area contributed by atoms with Crippen molar-refractivity contribution in [2.24, 2.45) is 0 Å². The number of amides is 2. The predicted octanol–water partition coefficient (Wildman–Crippen LogP) is 3.86. The van der Waals surface area contributed by atoms with Gasteiger partial charge >= 0.3 is 6.09 Å². The molecule has 0 spiro atoms. The molecule has 9 heteroatoms. The lowest BCUT2D eigenvalue weighted by atomic mass is 10.0. The van der Waals surface area contributed by atoms with Crippen molar-refractivity contribution in [1.82, 2.24) is 20.5 Å². The minimum Gasteiger partial charge on any atom is -0.446 e. The van der Waals surface area contributed by atoms with Crippen molar-refractivity contribution in [2.45, 2.75) is 69.9 Å². The molecule has 4 rings (SSSR count). The molecule has 2 saturated carbocycles. The van der Waals surface area contributed by atoms with Gasteiger partial charge in [0.2, 0.25) is 5.91 Å². The molecule has 30 heavy (non-hydrogen) atoms. The van der Waals surface area contributed by atoms with Crippen LogP contribution in [-0.4, -0.2) is 38.8 Å². The number of ether oxygens (including phenoxy) is 1. The first kappa shape index (κ1) is 20.7. The second-order valence-electron chi connectivity index (χ2n) is 8.54. The van der Waals surface area contributed by atoms with Crippen LogP contribution in [0.1, 0.15) is 61.9 Å². The number of aryl methyl sites for hydroxylation is 1. The summed E-state index contributed by atoms with van der Waals surface area (Å²) in [6, 6.07) is 3.64. The van der Waals surface area contributed by atoms with E-state index in [4.69, 9.17) is 16.3 Å². The van der Waals surface area contributed by atoms with E-state index in [1.54, 1.807) is 12.3 Å². The summed E-state index contributed by atoms with van der Waals surface area (Å²) >= 11 is 6.21. The van der Waals surface area contributed by atoms with Gasteiger partial charge < -0.3 is 15.4 Å². The number of carbonyl (C=O) groups excluding carboxylic acids is 2. The third-order valence-electron chi connectivity index (χ3n) is 5.85. The summed E-state index contributed by atoms with van der Waals surface area (Å²) in [5, 5.41) is 13.4. The first-order chi connectivity index (χ1) is 14.3. The summed E-state index contributed by atoms with van der Waals surface area (Å²) in [7, 11) is 0. The zero-order valence-corrected chi connectivity index (χ0v) is 17.9. The second kappa shape index (κ2) is 8.26. The van der Waals surface area contributed by atoms with Crippen LogP contribution >= 0.6 is 11.6 Å². The van der Waals surface area contributed by atoms with Gasteiger partial charge in [-0.3, -0.25) is 14.9 Å². The van der Waals surface area contributed by atoms with Crippen molar-refractivity contribution >= 4 is 29.4 Å². The minimum atomic E-state index is -0.332. The van der Waals surface area contributed by atoms with Crippen molar-refractivity contribution in [3.8, 4) is 0 Å². The predicted molar refractivity (Wildman–Crippen MR) is 113 cm³/mol. The van der Waals surface area contributed by atoms with Gasteiger partial charge in [-0.15, -0.1) is 0 Å². The standard InChI is InChI=1S/C21H26ClN5O3/c1-12-5-8-23-16(19(12)22)11-18(28)24-17-10-15(26-27-17)13-3-4-14(9-13)30-20(29)25-21(2)6-7-21/h5,8,10,13-14H,3-4,6-7,9,11H2,1-2H3,(H,25,29)(H2,24,26,27,28)/t13-,14+/m0/s1. The van der Waals surface area contributed by atoms with Crippen LogP contribution in [0.2, 0.25) is 5.02 Å². The monoisotopic (exact) mass is 431 g/mol. The summed E-state index contributed by atoms with van der Waals surface area (Å²) < 4.78 is 5.56. The SMILES string of the molecule is Cc1ccnc(CC(=O)Nc2cc([C@H]3CC[C@@H](OC(=O)NC4(C)CC4)C3)[nH]n2)c1Cl. The lowest BCUT2D eigenvalue weighted by Crippen LogP contribution is -2.36. The van der Waals surface area contributed by atoms with Crippen LogP contribution in [0, 0.1) is 6.92 Å². The number of H-pyrrole nitrogens is 1. The number of aromatic amines is 1. The Morgan fingerprint density at radius 3 is 2.93 bits per heavy atom. The van der Waals surface area contributed by atoms with E-state index in [-0.39, 0.29) is 36.0 Å². The molecule has 2 heterocycles. The van der Waals surface area contributed by atoms with Gasteiger partial charge in [-0.05, 0) is 57.6 Å². The van der Waals surface area contributed by atoms with Gasteiger partial charge in [-0.25, -0.2) is 4.79 Å². The normalized spacial score (nSPS) is 21.8. The van der Waals surface area contributed by atoms with Crippen LogP contribution in [0.4, 0.5) is 10.6 Å². The fourth-order valence-corrected chi connectivity index (χ4v) is 3.92. The van der Waals surface area contributed by atoms with E-state index < -0.39 is 0 Å². The number of anilines is 1. The van der Waals surface area contributed by atoms with Crippen LogP contribution in [-0.2, 0) is 16.0 Å². The number of hydrogen-bond donors (Lipinski definition) is 3. The van der Waals surface area contributed by atoms with Gasteiger partial charge in [0, 0.05) is 29.4 Å². The highest BCUT2D eigenvalue weighted by atomic mass is 35.5. The maximum Gasteiger partial charge on any atom is 0.407 e. The average Bonchev–Trinajstić information content (AvgIpc) is 3.08. The van der Waals surface area contributed by atoms with E-state index in [1.165, 1.54) is 0 Å². The molecule has 0 unspecified atom stereocenters. The molecule has 0 saturated heterocycles. The zero-order chi connectivity index (χ0) is 21.3. The summed E-state index contributed by atoms with van der Waals surface area (Å²) in [6.45, 7) is 3.90. The van der Waals surface area contributed by atoms with Gasteiger partial charge in [0.1, 0.15) is 6.10 Å². The van der Waals surface area contributed by atoms with E-state index in [0.29, 0.717) is 16.5 Å². The van der Waals surface area contributed by atoms with Gasteiger partial charge in [0.15, 0.2) is 5.82 Å². The molecule has 3 N–H and O–H groups in total. The summed E-state index contributed by atoms with van der Waals surface area (Å²) in [5.41, 5.74) is 2.27. The highest BCUT2D eigenvalue weighted by molar-refractivity contribution is 6.32. The molecule has 0 aromatic carbocycles. The molecule has 0 radical (unpaired) electrons. The van der Waals surface area contributed by atoms with E-state index in [1.807, 2.05) is 19.9 Å². The lowest BCUT2D eigenvalue weighted by Gasteiger charge is -2.16. The van der Waals surface area contributed by atoms with Gasteiger partial charge in [-0.1, -0.05) is 11.6 Å². The summed E-state index contributed by atoms with van der Waals surface area (Å²) in [5.74, 6) is 0.443. The first-order valence-corrected chi connectivity index (χ1v) is 10.6. The Balaban J connectivity index is 1.28. The topological polar surface area (TPSA) is 109 Å². The fraction of sp³-hybridized carbons (Fsp3) is 0.524. The molecule has 2 fully saturated rings. The molecule has 2 aromatic heterocycles. The maximum atomic E-state index is 12.3. The maximum absolute atomic E-state index is 12.3. The summed E-state index contributed by atoms with van der Waals surface area (Å²) in [4.78, 5) is 28.5. The number of nitrogens with one attached hydrogen (secondary N) is 3. The zero-order valence-electron chi connectivity index (χ0n) is 17.1. The summed E-state index contributed by atoms with van der Waals surface area (Å²) in [6.07, 6.45) is 5.74. The molecular formula is C21H26ClN5O3. The smallest absolute Gasteiger partial charge is 0.407 e. The molecule has 2 aromatic rings. The van der Waals surface area contributed by atoms with Crippen molar-refractivity contribution < 1.29 is 14.3 Å². The molecular weight excluding hydrogens is 406 g/mol. The number of pyridine rings is 1. The van der Waals surface area contributed by atoms with Crippen LogP contribution < -0.4 is 10.6 Å². The fourth-order valence-electron chi connectivity index (χ4n) is 3.74. The van der Waals surface area contributed by atoms with E-state index in [2.05, 4.69) is 25.8 Å². The molecule has 2 aliphatic rings. The largest absolute Gasteiger partial charge is 0.446 e. The van der Waals surface area contributed by atoms with Crippen molar-refractivity contribution in [3.05, 3.63) is 40.3 Å². The molecule has 0 bridgehead atoms. The Morgan fingerprint density at radius 2 is 2.17 bits per heavy atom.